The van der Waals surface area contributed by atoms with Crippen molar-refractivity contribution in [1.29, 1.82) is 0 Å². The lowest BCUT2D eigenvalue weighted by atomic mass is 9.95. The fourth-order valence-corrected chi connectivity index (χ4v) is 3.45. The summed E-state index contributed by atoms with van der Waals surface area (Å²) in [5.41, 5.74) is 11.6. The highest BCUT2D eigenvalue weighted by molar-refractivity contribution is 5.94. The first-order chi connectivity index (χ1) is 15.9. The van der Waals surface area contributed by atoms with Crippen molar-refractivity contribution in [2.75, 3.05) is 6.54 Å². The molecule has 0 aromatic heterocycles. The van der Waals surface area contributed by atoms with Gasteiger partial charge in [0.25, 0.3) is 0 Å². The number of aliphatic carboxylic acids is 1. The average molecular weight is 486 g/mol. The second-order valence-electron chi connectivity index (χ2n) is 9.66. The summed E-state index contributed by atoms with van der Waals surface area (Å²) in [6, 6.07) is -3.62. The quantitative estimate of drug-likeness (QED) is 0.167. The summed E-state index contributed by atoms with van der Waals surface area (Å²) in [7, 11) is 0. The summed E-state index contributed by atoms with van der Waals surface area (Å²) >= 11 is 0. The SMILES string of the molecule is CCC(C)C(N)C(=O)NC(C(=O)NC(CCCCN)C(=O)NC(CC(C)C)C(=O)O)C(C)CC. The number of nitrogens with two attached hydrogens (primary N) is 2. The number of carbonyl (C=O) groups excluding carboxylic acids is 3. The van der Waals surface area contributed by atoms with E-state index in [0.717, 1.165) is 6.42 Å². The maximum atomic E-state index is 13.2. The van der Waals surface area contributed by atoms with Crippen LogP contribution in [0.1, 0.15) is 80.1 Å². The van der Waals surface area contributed by atoms with Gasteiger partial charge < -0.3 is 32.5 Å². The Bertz CT molecular complexity index is 658. The van der Waals surface area contributed by atoms with Gasteiger partial charge in [-0.05, 0) is 50.0 Å². The summed E-state index contributed by atoms with van der Waals surface area (Å²) < 4.78 is 0. The summed E-state index contributed by atoms with van der Waals surface area (Å²) in [4.78, 5) is 50.4. The predicted octanol–water partition coefficient (Wildman–Crippen LogP) is 1.12. The summed E-state index contributed by atoms with van der Waals surface area (Å²) in [5.74, 6) is -2.80. The topological polar surface area (TPSA) is 177 Å². The van der Waals surface area contributed by atoms with Crippen LogP contribution >= 0.6 is 0 Å². The molecule has 0 radical (unpaired) electrons. The van der Waals surface area contributed by atoms with Crippen molar-refractivity contribution in [1.82, 2.24) is 16.0 Å². The Kier molecular flexibility index (Phi) is 15.4. The molecule has 0 spiro atoms. The van der Waals surface area contributed by atoms with Gasteiger partial charge in [0, 0.05) is 0 Å². The van der Waals surface area contributed by atoms with E-state index >= 15 is 0 Å². The highest BCUT2D eigenvalue weighted by atomic mass is 16.4. The van der Waals surface area contributed by atoms with Gasteiger partial charge in [0.1, 0.15) is 18.1 Å². The van der Waals surface area contributed by atoms with Crippen LogP contribution in [0.5, 0.6) is 0 Å². The maximum Gasteiger partial charge on any atom is 0.326 e. The molecule has 0 heterocycles. The molecular formula is C24H47N5O5. The van der Waals surface area contributed by atoms with Gasteiger partial charge in [-0.15, -0.1) is 0 Å². The lowest BCUT2D eigenvalue weighted by Crippen LogP contribution is -2.59. The molecule has 8 N–H and O–H groups in total. The third kappa shape index (κ3) is 11.3. The zero-order chi connectivity index (χ0) is 26.4. The van der Waals surface area contributed by atoms with Gasteiger partial charge in [0.2, 0.25) is 17.7 Å². The number of hydrogen-bond acceptors (Lipinski definition) is 6. The lowest BCUT2D eigenvalue weighted by Gasteiger charge is -2.29. The molecule has 198 valence electrons. The number of hydrogen-bond donors (Lipinski definition) is 6. The summed E-state index contributed by atoms with van der Waals surface area (Å²) in [6.45, 7) is 11.7. The third-order valence-corrected chi connectivity index (χ3v) is 6.25. The fraction of sp³-hybridized carbons (Fsp3) is 0.833. The van der Waals surface area contributed by atoms with E-state index in [9.17, 15) is 24.3 Å². The molecule has 0 aromatic rings. The molecule has 0 fully saturated rings. The molecular weight excluding hydrogens is 438 g/mol. The fourth-order valence-electron chi connectivity index (χ4n) is 3.45. The molecule has 34 heavy (non-hydrogen) atoms. The Morgan fingerprint density at radius 1 is 0.794 bits per heavy atom. The number of carboxylic acid groups (broad SMARTS) is 1. The predicted molar refractivity (Wildman–Crippen MR) is 133 cm³/mol. The molecule has 0 saturated heterocycles. The standard InChI is InChI=1S/C24H47N5O5/c1-7-15(5)19(26)22(31)29-20(16(6)8-2)23(32)27-17(11-9-10-12-25)21(30)28-18(24(33)34)13-14(3)4/h14-20H,7-13,25-26H2,1-6H3,(H,27,32)(H,28,30)(H,29,31)(H,33,34). The molecule has 3 amide bonds. The zero-order valence-electron chi connectivity index (χ0n) is 21.7. The van der Waals surface area contributed by atoms with Gasteiger partial charge in [-0.1, -0.05) is 54.4 Å². The molecule has 0 bridgehead atoms. The molecule has 6 atom stereocenters. The van der Waals surface area contributed by atoms with Crippen LogP contribution in [0.25, 0.3) is 0 Å². The molecule has 0 aliphatic rings. The van der Waals surface area contributed by atoms with E-state index in [2.05, 4.69) is 16.0 Å². The summed E-state index contributed by atoms with van der Waals surface area (Å²) in [5, 5.41) is 17.5. The van der Waals surface area contributed by atoms with Crippen LogP contribution in [0, 0.1) is 17.8 Å². The van der Waals surface area contributed by atoms with Crippen LogP contribution in [-0.4, -0.2) is 59.5 Å². The van der Waals surface area contributed by atoms with Gasteiger partial charge >= 0.3 is 5.97 Å². The van der Waals surface area contributed by atoms with E-state index in [1.807, 2.05) is 41.5 Å². The van der Waals surface area contributed by atoms with Crippen molar-refractivity contribution in [2.24, 2.45) is 29.2 Å². The van der Waals surface area contributed by atoms with E-state index in [1.165, 1.54) is 0 Å². The molecule has 0 aromatic carbocycles. The molecule has 6 unspecified atom stereocenters. The minimum atomic E-state index is -1.13. The van der Waals surface area contributed by atoms with Crippen molar-refractivity contribution in [2.45, 2.75) is 104 Å². The minimum Gasteiger partial charge on any atom is -0.480 e. The van der Waals surface area contributed by atoms with Crippen LogP contribution < -0.4 is 27.4 Å². The van der Waals surface area contributed by atoms with Crippen LogP contribution in [0.3, 0.4) is 0 Å². The zero-order valence-corrected chi connectivity index (χ0v) is 21.7. The molecule has 0 rings (SSSR count). The number of carboxylic acids is 1. The lowest BCUT2D eigenvalue weighted by molar-refractivity contribution is -0.143. The maximum absolute atomic E-state index is 13.2. The van der Waals surface area contributed by atoms with E-state index < -0.39 is 47.9 Å². The summed E-state index contributed by atoms with van der Waals surface area (Å²) in [6.07, 6.45) is 3.15. The van der Waals surface area contributed by atoms with Crippen LogP contribution in [0.15, 0.2) is 0 Å². The normalized spacial score (nSPS) is 16.6. The first kappa shape index (κ1) is 31.8. The minimum absolute atomic E-state index is 0.0515. The molecule has 10 heteroatoms. The van der Waals surface area contributed by atoms with Crippen molar-refractivity contribution < 1.29 is 24.3 Å². The molecule has 0 aliphatic carbocycles. The van der Waals surface area contributed by atoms with Crippen molar-refractivity contribution in [3.8, 4) is 0 Å². The Hall–Kier alpha value is -2.20. The van der Waals surface area contributed by atoms with Crippen LogP contribution in [0.4, 0.5) is 0 Å². The van der Waals surface area contributed by atoms with Gasteiger partial charge in [-0.3, -0.25) is 14.4 Å². The third-order valence-electron chi connectivity index (χ3n) is 6.25. The first-order valence-electron chi connectivity index (χ1n) is 12.5. The van der Waals surface area contributed by atoms with E-state index in [4.69, 9.17) is 11.5 Å². The Balaban J connectivity index is 5.60. The van der Waals surface area contributed by atoms with Gasteiger partial charge in [-0.25, -0.2) is 4.79 Å². The van der Waals surface area contributed by atoms with Crippen molar-refractivity contribution >= 4 is 23.7 Å². The Labute approximate surface area is 204 Å². The van der Waals surface area contributed by atoms with Gasteiger partial charge in [0.05, 0.1) is 6.04 Å². The van der Waals surface area contributed by atoms with Crippen molar-refractivity contribution in [3.63, 3.8) is 0 Å². The van der Waals surface area contributed by atoms with Gasteiger partial charge in [-0.2, -0.15) is 0 Å². The van der Waals surface area contributed by atoms with E-state index in [-0.39, 0.29) is 24.2 Å². The highest BCUT2D eigenvalue weighted by Gasteiger charge is 2.33. The first-order valence-corrected chi connectivity index (χ1v) is 12.5. The van der Waals surface area contributed by atoms with Crippen LogP contribution in [0.2, 0.25) is 0 Å². The molecule has 0 aliphatic heterocycles. The smallest absolute Gasteiger partial charge is 0.326 e. The Morgan fingerprint density at radius 2 is 1.35 bits per heavy atom. The number of amides is 3. The molecule has 0 saturated carbocycles. The number of carbonyl (C=O) groups is 4. The van der Waals surface area contributed by atoms with Crippen LogP contribution in [-0.2, 0) is 19.2 Å². The van der Waals surface area contributed by atoms with Gasteiger partial charge in [0.15, 0.2) is 0 Å². The largest absolute Gasteiger partial charge is 0.480 e. The number of rotatable bonds is 17. The average Bonchev–Trinajstić information content (AvgIpc) is 2.79. The highest BCUT2D eigenvalue weighted by Crippen LogP contribution is 2.13. The number of unbranched alkanes of at least 4 members (excludes halogenated alkanes) is 1. The second kappa shape index (κ2) is 16.4. The molecule has 10 nitrogen and oxygen atoms in total. The monoisotopic (exact) mass is 485 g/mol. The Morgan fingerprint density at radius 3 is 1.82 bits per heavy atom. The second-order valence-corrected chi connectivity index (χ2v) is 9.66. The van der Waals surface area contributed by atoms with Crippen molar-refractivity contribution in [3.05, 3.63) is 0 Å². The number of nitrogens with one attached hydrogen (secondary N) is 3. The van der Waals surface area contributed by atoms with E-state index in [1.54, 1.807) is 0 Å². The van der Waals surface area contributed by atoms with E-state index in [0.29, 0.717) is 32.2 Å².